The number of carbonyl (C=O) groups excluding carboxylic acids is 3. The molecule has 28 heavy (non-hydrogen) atoms. The van der Waals surface area contributed by atoms with Gasteiger partial charge in [0.1, 0.15) is 5.75 Å². The summed E-state index contributed by atoms with van der Waals surface area (Å²) in [5.74, 6) is -0.641. The summed E-state index contributed by atoms with van der Waals surface area (Å²) in [6, 6.07) is 10.6. The molecule has 0 heterocycles. The summed E-state index contributed by atoms with van der Waals surface area (Å²) in [7, 11) is 0. The van der Waals surface area contributed by atoms with E-state index in [2.05, 4.69) is 5.32 Å². The molecule has 0 saturated carbocycles. The van der Waals surface area contributed by atoms with Gasteiger partial charge in [0.2, 0.25) is 5.91 Å². The third-order valence-corrected chi connectivity index (χ3v) is 4.54. The van der Waals surface area contributed by atoms with Crippen molar-refractivity contribution in [2.75, 3.05) is 24.8 Å². The SMILES string of the molecule is CSc1ccc(C(=O)COC(=O)COc2cc(C)cc(C)c2)cc1NC(C)=O. The summed E-state index contributed by atoms with van der Waals surface area (Å²) in [6.45, 7) is 4.60. The first-order valence-corrected chi connectivity index (χ1v) is 9.86. The third-order valence-electron chi connectivity index (χ3n) is 3.75. The summed E-state index contributed by atoms with van der Waals surface area (Å²) in [4.78, 5) is 36.3. The van der Waals surface area contributed by atoms with E-state index in [1.165, 1.54) is 18.7 Å². The Morgan fingerprint density at radius 1 is 1.00 bits per heavy atom. The van der Waals surface area contributed by atoms with Gasteiger partial charge in [-0.05, 0) is 55.5 Å². The quantitative estimate of drug-likeness (QED) is 0.412. The van der Waals surface area contributed by atoms with Crippen molar-refractivity contribution in [1.82, 2.24) is 0 Å². The normalized spacial score (nSPS) is 10.3. The third kappa shape index (κ3) is 6.42. The first kappa shape index (κ1) is 21.5. The summed E-state index contributed by atoms with van der Waals surface area (Å²) in [5, 5.41) is 2.69. The van der Waals surface area contributed by atoms with Crippen LogP contribution in [-0.2, 0) is 14.3 Å². The van der Waals surface area contributed by atoms with Crippen LogP contribution in [0.1, 0.15) is 28.4 Å². The molecule has 0 fully saturated rings. The molecule has 2 rings (SSSR count). The molecule has 1 N–H and O–H groups in total. The van der Waals surface area contributed by atoms with Crippen molar-refractivity contribution >= 4 is 35.1 Å². The van der Waals surface area contributed by atoms with E-state index in [0.29, 0.717) is 17.0 Å². The Morgan fingerprint density at radius 2 is 1.68 bits per heavy atom. The van der Waals surface area contributed by atoms with Gasteiger partial charge in [-0.1, -0.05) is 12.1 Å². The standard InChI is InChI=1S/C21H23NO5S/c1-13-7-14(2)9-17(8-13)26-12-21(25)27-11-19(24)16-5-6-20(28-4)18(10-16)22-15(3)23/h5-10H,11-12H2,1-4H3,(H,22,23). The maximum atomic E-state index is 12.3. The van der Waals surface area contributed by atoms with E-state index in [1.807, 2.05) is 38.3 Å². The lowest BCUT2D eigenvalue weighted by Gasteiger charge is -2.11. The summed E-state index contributed by atoms with van der Waals surface area (Å²) in [5.41, 5.74) is 2.96. The smallest absolute Gasteiger partial charge is 0.344 e. The van der Waals surface area contributed by atoms with Crippen molar-refractivity contribution in [1.29, 1.82) is 0 Å². The van der Waals surface area contributed by atoms with Crippen LogP contribution in [0.25, 0.3) is 0 Å². The van der Waals surface area contributed by atoms with Crippen LogP contribution in [0, 0.1) is 13.8 Å². The molecule has 148 valence electrons. The predicted molar refractivity (Wildman–Crippen MR) is 109 cm³/mol. The van der Waals surface area contributed by atoms with Gasteiger partial charge in [-0.3, -0.25) is 9.59 Å². The topological polar surface area (TPSA) is 81.7 Å². The van der Waals surface area contributed by atoms with Crippen LogP contribution < -0.4 is 10.1 Å². The number of hydrogen-bond acceptors (Lipinski definition) is 6. The molecular weight excluding hydrogens is 378 g/mol. The number of hydrogen-bond donors (Lipinski definition) is 1. The zero-order valence-electron chi connectivity index (χ0n) is 16.3. The molecule has 0 atom stereocenters. The monoisotopic (exact) mass is 401 g/mol. The minimum Gasteiger partial charge on any atom is -0.482 e. The second-order valence-corrected chi connectivity index (χ2v) is 7.14. The molecule has 7 heteroatoms. The lowest BCUT2D eigenvalue weighted by atomic mass is 10.1. The Morgan fingerprint density at radius 3 is 2.29 bits per heavy atom. The van der Waals surface area contributed by atoms with E-state index in [0.717, 1.165) is 16.0 Å². The molecule has 0 aliphatic rings. The van der Waals surface area contributed by atoms with Crippen molar-refractivity contribution in [3.8, 4) is 5.75 Å². The molecule has 0 unspecified atom stereocenters. The molecule has 0 aromatic heterocycles. The zero-order chi connectivity index (χ0) is 20.7. The summed E-state index contributed by atoms with van der Waals surface area (Å²) >= 11 is 1.45. The largest absolute Gasteiger partial charge is 0.482 e. The van der Waals surface area contributed by atoms with Crippen molar-refractivity contribution in [3.63, 3.8) is 0 Å². The number of anilines is 1. The van der Waals surface area contributed by atoms with Gasteiger partial charge < -0.3 is 14.8 Å². The number of Topliss-reactive ketones (excluding diaryl/α,β-unsaturated/α-hetero) is 1. The number of ketones is 1. The molecule has 0 saturated heterocycles. The number of carbonyl (C=O) groups is 3. The Bertz CT molecular complexity index is 874. The van der Waals surface area contributed by atoms with Gasteiger partial charge in [0.05, 0.1) is 5.69 Å². The fraction of sp³-hybridized carbons (Fsp3) is 0.286. The Labute approximate surface area is 168 Å². The van der Waals surface area contributed by atoms with E-state index in [4.69, 9.17) is 9.47 Å². The van der Waals surface area contributed by atoms with Gasteiger partial charge in [0, 0.05) is 17.4 Å². The molecule has 1 amide bonds. The lowest BCUT2D eigenvalue weighted by molar-refractivity contribution is -0.144. The Balaban J connectivity index is 1.92. The molecule has 6 nitrogen and oxygen atoms in total. The highest BCUT2D eigenvalue weighted by molar-refractivity contribution is 7.98. The lowest BCUT2D eigenvalue weighted by Crippen LogP contribution is -2.19. The van der Waals surface area contributed by atoms with E-state index < -0.39 is 12.6 Å². The van der Waals surface area contributed by atoms with Crippen molar-refractivity contribution in [3.05, 3.63) is 53.1 Å². The highest BCUT2D eigenvalue weighted by Gasteiger charge is 2.13. The van der Waals surface area contributed by atoms with E-state index in [-0.39, 0.29) is 18.3 Å². The second-order valence-electron chi connectivity index (χ2n) is 6.29. The zero-order valence-corrected chi connectivity index (χ0v) is 17.1. The average molecular weight is 401 g/mol. The highest BCUT2D eigenvalue weighted by Crippen LogP contribution is 2.26. The number of benzene rings is 2. The van der Waals surface area contributed by atoms with Crippen LogP contribution in [0.15, 0.2) is 41.3 Å². The fourth-order valence-electron chi connectivity index (χ4n) is 2.60. The minimum atomic E-state index is -0.629. The molecular formula is C21H23NO5S. The van der Waals surface area contributed by atoms with Crippen molar-refractivity contribution in [2.45, 2.75) is 25.7 Å². The van der Waals surface area contributed by atoms with Crippen LogP contribution in [-0.4, -0.2) is 37.1 Å². The first-order chi connectivity index (χ1) is 13.3. The van der Waals surface area contributed by atoms with Crippen LogP contribution in [0.3, 0.4) is 0 Å². The molecule has 0 aliphatic heterocycles. The number of thioether (sulfide) groups is 1. The minimum absolute atomic E-state index is 0.227. The second kappa shape index (κ2) is 9.94. The van der Waals surface area contributed by atoms with Gasteiger partial charge in [-0.2, -0.15) is 0 Å². The van der Waals surface area contributed by atoms with E-state index >= 15 is 0 Å². The van der Waals surface area contributed by atoms with Crippen LogP contribution in [0.2, 0.25) is 0 Å². The fourth-order valence-corrected chi connectivity index (χ4v) is 3.13. The Kier molecular flexibility index (Phi) is 7.63. The van der Waals surface area contributed by atoms with Crippen LogP contribution in [0.4, 0.5) is 5.69 Å². The number of rotatable bonds is 8. The molecule has 2 aromatic rings. The van der Waals surface area contributed by atoms with E-state index in [1.54, 1.807) is 18.2 Å². The summed E-state index contributed by atoms with van der Waals surface area (Å²) < 4.78 is 10.4. The van der Waals surface area contributed by atoms with Gasteiger partial charge in [0.15, 0.2) is 19.0 Å². The maximum Gasteiger partial charge on any atom is 0.344 e. The van der Waals surface area contributed by atoms with Gasteiger partial charge >= 0.3 is 5.97 Å². The summed E-state index contributed by atoms with van der Waals surface area (Å²) in [6.07, 6.45) is 1.87. The van der Waals surface area contributed by atoms with Crippen LogP contribution >= 0.6 is 11.8 Å². The molecule has 0 radical (unpaired) electrons. The van der Waals surface area contributed by atoms with Gasteiger partial charge in [-0.25, -0.2) is 4.79 Å². The molecule has 0 bridgehead atoms. The van der Waals surface area contributed by atoms with Crippen LogP contribution in [0.5, 0.6) is 5.75 Å². The van der Waals surface area contributed by atoms with E-state index in [9.17, 15) is 14.4 Å². The first-order valence-electron chi connectivity index (χ1n) is 8.64. The molecule has 0 spiro atoms. The Hall–Kier alpha value is -2.80. The number of ether oxygens (including phenoxy) is 2. The number of aryl methyl sites for hydroxylation is 2. The van der Waals surface area contributed by atoms with Crippen molar-refractivity contribution < 1.29 is 23.9 Å². The van der Waals surface area contributed by atoms with Gasteiger partial charge in [-0.15, -0.1) is 11.8 Å². The number of nitrogens with one attached hydrogen (secondary N) is 1. The highest BCUT2D eigenvalue weighted by atomic mass is 32.2. The number of amides is 1. The average Bonchev–Trinajstić information content (AvgIpc) is 2.63. The van der Waals surface area contributed by atoms with Crippen molar-refractivity contribution in [2.24, 2.45) is 0 Å². The number of esters is 1. The maximum absolute atomic E-state index is 12.3. The molecule has 2 aromatic carbocycles. The predicted octanol–water partition coefficient (Wildman–Crippen LogP) is 3.79. The van der Waals surface area contributed by atoms with Gasteiger partial charge in [0.25, 0.3) is 0 Å². The molecule has 0 aliphatic carbocycles.